The van der Waals surface area contributed by atoms with Crippen LogP contribution < -0.4 is 5.32 Å². The van der Waals surface area contributed by atoms with Gasteiger partial charge in [-0.3, -0.25) is 9.59 Å². The Bertz CT molecular complexity index is 527. The Balaban J connectivity index is 2.16. The van der Waals surface area contributed by atoms with Crippen molar-refractivity contribution in [1.29, 1.82) is 0 Å². The van der Waals surface area contributed by atoms with Crippen LogP contribution in [0.3, 0.4) is 0 Å². The Morgan fingerprint density at radius 1 is 1.32 bits per heavy atom. The van der Waals surface area contributed by atoms with E-state index in [-0.39, 0.29) is 12.3 Å². The maximum atomic E-state index is 12.3. The Morgan fingerprint density at radius 2 is 2.00 bits per heavy atom. The first-order chi connectivity index (χ1) is 8.92. The molecule has 0 spiro atoms. The summed E-state index contributed by atoms with van der Waals surface area (Å²) in [5, 5.41) is 11.8. The van der Waals surface area contributed by atoms with Gasteiger partial charge in [0.2, 0.25) is 0 Å². The SMILES string of the molecule is O=C(O)CC1(NC(=O)c2cc(Br)ccc2Br)CCC1. The molecule has 1 aliphatic rings. The molecule has 0 aromatic heterocycles. The highest BCUT2D eigenvalue weighted by Crippen LogP contribution is 2.35. The van der Waals surface area contributed by atoms with Gasteiger partial charge >= 0.3 is 5.97 Å². The first-order valence-electron chi connectivity index (χ1n) is 5.91. The zero-order valence-corrected chi connectivity index (χ0v) is 13.3. The standard InChI is InChI=1S/C13H13Br2NO3/c14-8-2-3-10(15)9(6-8)12(19)16-13(4-1-5-13)7-11(17)18/h2-3,6H,1,4-5,7H2,(H,16,19)(H,17,18). The molecule has 2 rings (SSSR count). The van der Waals surface area contributed by atoms with Gasteiger partial charge in [0.25, 0.3) is 5.91 Å². The van der Waals surface area contributed by atoms with E-state index in [0.29, 0.717) is 10.0 Å². The largest absolute Gasteiger partial charge is 0.481 e. The summed E-state index contributed by atoms with van der Waals surface area (Å²) in [7, 11) is 0. The van der Waals surface area contributed by atoms with Gasteiger partial charge in [-0.2, -0.15) is 0 Å². The predicted octanol–water partition coefficient (Wildman–Crippen LogP) is 3.34. The number of halogens is 2. The number of carboxylic acid groups (broad SMARTS) is 1. The molecule has 0 bridgehead atoms. The van der Waals surface area contributed by atoms with Crippen LogP contribution in [0.1, 0.15) is 36.0 Å². The monoisotopic (exact) mass is 389 g/mol. The van der Waals surface area contributed by atoms with Crippen LogP contribution in [-0.4, -0.2) is 22.5 Å². The fraction of sp³-hybridized carbons (Fsp3) is 0.385. The van der Waals surface area contributed by atoms with E-state index in [2.05, 4.69) is 37.2 Å². The molecule has 0 aliphatic heterocycles. The van der Waals surface area contributed by atoms with E-state index in [1.807, 2.05) is 6.07 Å². The zero-order valence-electron chi connectivity index (χ0n) is 10.1. The minimum Gasteiger partial charge on any atom is -0.481 e. The third-order valence-electron chi connectivity index (χ3n) is 3.35. The highest BCUT2D eigenvalue weighted by molar-refractivity contribution is 9.11. The molecule has 2 N–H and O–H groups in total. The average Bonchev–Trinajstić information content (AvgIpc) is 2.28. The van der Waals surface area contributed by atoms with Crippen LogP contribution in [0, 0.1) is 0 Å². The van der Waals surface area contributed by atoms with E-state index < -0.39 is 11.5 Å². The lowest BCUT2D eigenvalue weighted by Gasteiger charge is -2.41. The van der Waals surface area contributed by atoms with Crippen molar-refractivity contribution in [3.63, 3.8) is 0 Å². The van der Waals surface area contributed by atoms with Crippen LogP contribution in [0.15, 0.2) is 27.1 Å². The molecule has 1 aromatic rings. The minimum atomic E-state index is -0.881. The molecule has 1 aliphatic carbocycles. The summed E-state index contributed by atoms with van der Waals surface area (Å²) in [6, 6.07) is 5.33. The van der Waals surface area contributed by atoms with Crippen LogP contribution in [0.25, 0.3) is 0 Å². The van der Waals surface area contributed by atoms with Gasteiger partial charge in [0, 0.05) is 8.95 Å². The molecule has 102 valence electrons. The molecule has 4 nitrogen and oxygen atoms in total. The molecule has 19 heavy (non-hydrogen) atoms. The normalized spacial score (nSPS) is 16.5. The van der Waals surface area contributed by atoms with Crippen molar-refractivity contribution >= 4 is 43.7 Å². The Labute approximate surface area is 127 Å². The van der Waals surface area contributed by atoms with Crippen molar-refractivity contribution in [3.05, 3.63) is 32.7 Å². The molecule has 0 unspecified atom stereocenters. The molecular formula is C13H13Br2NO3. The number of carbonyl (C=O) groups is 2. The van der Waals surface area contributed by atoms with E-state index in [0.717, 1.165) is 23.7 Å². The molecule has 0 atom stereocenters. The topological polar surface area (TPSA) is 66.4 Å². The highest BCUT2D eigenvalue weighted by Gasteiger charge is 2.40. The lowest BCUT2D eigenvalue weighted by molar-refractivity contribution is -0.139. The number of hydrogen-bond acceptors (Lipinski definition) is 2. The number of benzene rings is 1. The molecule has 1 amide bonds. The molecule has 0 heterocycles. The summed E-state index contributed by atoms with van der Waals surface area (Å²) in [5.74, 6) is -1.12. The fourth-order valence-corrected chi connectivity index (χ4v) is 3.01. The van der Waals surface area contributed by atoms with Crippen molar-refractivity contribution in [3.8, 4) is 0 Å². The van der Waals surface area contributed by atoms with Crippen molar-refractivity contribution < 1.29 is 14.7 Å². The first-order valence-corrected chi connectivity index (χ1v) is 7.50. The molecule has 1 aromatic carbocycles. The molecule has 1 saturated carbocycles. The van der Waals surface area contributed by atoms with Crippen molar-refractivity contribution in [1.82, 2.24) is 5.32 Å². The second kappa shape index (κ2) is 5.63. The van der Waals surface area contributed by atoms with Crippen molar-refractivity contribution in [2.24, 2.45) is 0 Å². The van der Waals surface area contributed by atoms with Crippen molar-refractivity contribution in [2.45, 2.75) is 31.2 Å². The summed E-state index contributed by atoms with van der Waals surface area (Å²) in [6.07, 6.45) is 2.37. The maximum Gasteiger partial charge on any atom is 0.305 e. The summed E-state index contributed by atoms with van der Waals surface area (Å²) >= 11 is 6.65. The summed E-state index contributed by atoms with van der Waals surface area (Å²) in [4.78, 5) is 23.1. The number of nitrogens with one attached hydrogen (secondary N) is 1. The molecule has 6 heteroatoms. The van der Waals surface area contributed by atoms with Crippen molar-refractivity contribution in [2.75, 3.05) is 0 Å². The summed E-state index contributed by atoms with van der Waals surface area (Å²) in [6.45, 7) is 0. The van der Waals surface area contributed by atoms with E-state index in [4.69, 9.17) is 5.11 Å². The average molecular weight is 391 g/mol. The summed E-state index contributed by atoms with van der Waals surface area (Å²) < 4.78 is 1.50. The Hall–Kier alpha value is -0.880. The van der Waals surface area contributed by atoms with E-state index >= 15 is 0 Å². The number of carbonyl (C=O) groups excluding carboxylic acids is 1. The van der Waals surface area contributed by atoms with Crippen LogP contribution in [0.2, 0.25) is 0 Å². The van der Waals surface area contributed by atoms with Gasteiger partial charge < -0.3 is 10.4 Å². The van der Waals surface area contributed by atoms with Gasteiger partial charge in [0.1, 0.15) is 0 Å². The highest BCUT2D eigenvalue weighted by atomic mass is 79.9. The molecule has 0 saturated heterocycles. The number of amides is 1. The lowest BCUT2D eigenvalue weighted by Crippen LogP contribution is -2.54. The fourth-order valence-electron chi connectivity index (χ4n) is 2.22. The van der Waals surface area contributed by atoms with Gasteiger partial charge in [0.15, 0.2) is 0 Å². The number of rotatable bonds is 4. The van der Waals surface area contributed by atoms with E-state index in [9.17, 15) is 9.59 Å². The summed E-state index contributed by atoms with van der Waals surface area (Å²) in [5.41, 5.74) is -0.0731. The zero-order chi connectivity index (χ0) is 14.0. The number of hydrogen-bond donors (Lipinski definition) is 2. The van der Waals surface area contributed by atoms with Gasteiger partial charge in [-0.15, -0.1) is 0 Å². The third-order valence-corrected chi connectivity index (χ3v) is 4.54. The second-order valence-electron chi connectivity index (χ2n) is 4.78. The van der Waals surface area contributed by atoms with Gasteiger partial charge in [-0.1, -0.05) is 15.9 Å². The smallest absolute Gasteiger partial charge is 0.305 e. The quantitative estimate of drug-likeness (QED) is 0.828. The third kappa shape index (κ3) is 3.36. The molecular weight excluding hydrogens is 378 g/mol. The number of aliphatic carboxylic acids is 1. The maximum absolute atomic E-state index is 12.3. The minimum absolute atomic E-state index is 0.0235. The van der Waals surface area contributed by atoms with Crippen LogP contribution in [0.5, 0.6) is 0 Å². The Kier molecular flexibility index (Phi) is 4.30. The van der Waals surface area contributed by atoms with E-state index in [1.54, 1.807) is 12.1 Å². The predicted molar refractivity (Wildman–Crippen MR) is 78.1 cm³/mol. The van der Waals surface area contributed by atoms with Gasteiger partial charge in [-0.05, 0) is 53.4 Å². The Morgan fingerprint density at radius 3 is 2.53 bits per heavy atom. The van der Waals surface area contributed by atoms with Gasteiger partial charge in [0.05, 0.1) is 17.5 Å². The first kappa shape index (κ1) is 14.5. The van der Waals surface area contributed by atoms with Crippen LogP contribution >= 0.6 is 31.9 Å². The number of carboxylic acids is 1. The van der Waals surface area contributed by atoms with Crippen LogP contribution in [0.4, 0.5) is 0 Å². The lowest BCUT2D eigenvalue weighted by atomic mass is 9.74. The van der Waals surface area contributed by atoms with Crippen LogP contribution in [-0.2, 0) is 4.79 Å². The van der Waals surface area contributed by atoms with Gasteiger partial charge in [-0.25, -0.2) is 0 Å². The molecule has 0 radical (unpaired) electrons. The van der Waals surface area contributed by atoms with E-state index in [1.165, 1.54) is 0 Å². The molecule has 1 fully saturated rings. The second-order valence-corrected chi connectivity index (χ2v) is 6.55.